The zero-order valence-electron chi connectivity index (χ0n) is 17.8. The maximum Gasteiger partial charge on any atom is 0.410 e. The third-order valence-electron chi connectivity index (χ3n) is 5.47. The SMILES string of the molecule is O=C(O)COc1ccc(F)cc1C1c2cc(F)c(F)cc2CCN1C(=O)OCc1ccccc1. The lowest BCUT2D eigenvalue weighted by Crippen LogP contribution is -2.41. The third-order valence-corrected chi connectivity index (χ3v) is 5.47. The average Bonchev–Trinajstić information content (AvgIpc) is 2.82. The summed E-state index contributed by atoms with van der Waals surface area (Å²) >= 11 is 0. The van der Waals surface area contributed by atoms with Gasteiger partial charge in [-0.2, -0.15) is 0 Å². The molecule has 0 saturated carbocycles. The summed E-state index contributed by atoms with van der Waals surface area (Å²) in [6.45, 7) is -0.668. The molecule has 176 valence electrons. The highest BCUT2D eigenvalue weighted by molar-refractivity contribution is 5.71. The van der Waals surface area contributed by atoms with Gasteiger partial charge in [0, 0.05) is 12.1 Å². The van der Waals surface area contributed by atoms with E-state index in [0.717, 1.165) is 29.8 Å². The van der Waals surface area contributed by atoms with Crippen LogP contribution in [0.4, 0.5) is 18.0 Å². The normalized spacial score (nSPS) is 14.9. The van der Waals surface area contributed by atoms with E-state index in [2.05, 4.69) is 0 Å². The van der Waals surface area contributed by atoms with Crippen molar-refractivity contribution in [1.29, 1.82) is 0 Å². The summed E-state index contributed by atoms with van der Waals surface area (Å²) in [4.78, 5) is 25.4. The van der Waals surface area contributed by atoms with Gasteiger partial charge in [-0.15, -0.1) is 0 Å². The van der Waals surface area contributed by atoms with Crippen LogP contribution in [-0.2, 0) is 22.6 Å². The number of aliphatic carboxylic acids is 1. The minimum absolute atomic E-state index is 0.00718. The Morgan fingerprint density at radius 1 is 0.971 bits per heavy atom. The molecule has 1 N–H and O–H groups in total. The van der Waals surface area contributed by atoms with E-state index in [9.17, 15) is 22.8 Å². The second kappa shape index (κ2) is 9.86. The van der Waals surface area contributed by atoms with Gasteiger partial charge in [0.1, 0.15) is 18.2 Å². The standard InChI is InChI=1S/C25H20F3NO5/c26-17-6-7-22(33-14-23(30)31)19(11-17)24-18-12-21(28)20(27)10-16(18)8-9-29(24)25(32)34-13-15-4-2-1-3-5-15/h1-7,10-12,24H,8-9,13-14H2,(H,30,31). The van der Waals surface area contributed by atoms with Crippen molar-refractivity contribution in [2.75, 3.05) is 13.2 Å². The van der Waals surface area contributed by atoms with Crippen molar-refractivity contribution in [2.45, 2.75) is 19.1 Å². The lowest BCUT2D eigenvalue weighted by atomic mass is 9.87. The number of hydrogen-bond donors (Lipinski definition) is 1. The van der Waals surface area contributed by atoms with Crippen molar-refractivity contribution >= 4 is 12.1 Å². The Hall–Kier alpha value is -4.01. The molecule has 9 heteroatoms. The predicted molar refractivity (Wildman–Crippen MR) is 115 cm³/mol. The van der Waals surface area contributed by atoms with E-state index in [1.54, 1.807) is 24.3 Å². The fourth-order valence-electron chi connectivity index (χ4n) is 3.95. The first-order valence-electron chi connectivity index (χ1n) is 10.4. The number of carbonyl (C=O) groups is 2. The first kappa shape index (κ1) is 23.2. The Bertz CT molecular complexity index is 1220. The number of halogens is 3. The van der Waals surface area contributed by atoms with Crippen LogP contribution in [0.2, 0.25) is 0 Å². The first-order valence-corrected chi connectivity index (χ1v) is 10.4. The van der Waals surface area contributed by atoms with Crippen LogP contribution in [-0.4, -0.2) is 35.2 Å². The molecule has 1 heterocycles. The molecule has 0 saturated heterocycles. The molecular weight excluding hydrogens is 451 g/mol. The highest BCUT2D eigenvalue weighted by Crippen LogP contribution is 2.40. The van der Waals surface area contributed by atoms with Gasteiger partial charge < -0.3 is 14.6 Å². The molecule has 0 bridgehead atoms. The zero-order chi connectivity index (χ0) is 24.2. The molecule has 0 spiro atoms. The van der Waals surface area contributed by atoms with Crippen molar-refractivity contribution in [3.05, 3.63) is 100 Å². The van der Waals surface area contributed by atoms with E-state index < -0.39 is 42.2 Å². The quantitative estimate of drug-likeness (QED) is 0.556. The molecule has 0 aliphatic carbocycles. The number of hydrogen-bond acceptors (Lipinski definition) is 4. The number of fused-ring (bicyclic) bond motifs is 1. The van der Waals surface area contributed by atoms with Crippen molar-refractivity contribution in [3.63, 3.8) is 0 Å². The summed E-state index contributed by atoms with van der Waals surface area (Å²) in [5.41, 5.74) is 1.50. The highest BCUT2D eigenvalue weighted by atomic mass is 19.2. The smallest absolute Gasteiger partial charge is 0.410 e. The summed E-state index contributed by atoms with van der Waals surface area (Å²) in [6, 6.07) is 13.2. The van der Waals surface area contributed by atoms with Crippen LogP contribution in [0, 0.1) is 17.5 Å². The van der Waals surface area contributed by atoms with Gasteiger partial charge in [0.15, 0.2) is 18.2 Å². The van der Waals surface area contributed by atoms with Crippen LogP contribution in [0.1, 0.15) is 28.3 Å². The largest absolute Gasteiger partial charge is 0.482 e. The van der Waals surface area contributed by atoms with Gasteiger partial charge in [0.05, 0.1) is 6.04 Å². The molecule has 1 aliphatic rings. The summed E-state index contributed by atoms with van der Waals surface area (Å²) in [6.07, 6.45) is -0.540. The van der Waals surface area contributed by atoms with Crippen LogP contribution in [0.3, 0.4) is 0 Å². The van der Waals surface area contributed by atoms with E-state index in [1.165, 1.54) is 11.0 Å². The molecule has 4 rings (SSSR count). The number of rotatable bonds is 6. The number of ether oxygens (including phenoxy) is 2. The van der Waals surface area contributed by atoms with Crippen molar-refractivity contribution in [1.82, 2.24) is 4.90 Å². The van der Waals surface area contributed by atoms with E-state index in [0.29, 0.717) is 5.56 Å². The van der Waals surface area contributed by atoms with Crippen LogP contribution < -0.4 is 4.74 Å². The minimum atomic E-state index is -1.26. The molecule has 3 aromatic rings. The van der Waals surface area contributed by atoms with Crippen LogP contribution in [0.5, 0.6) is 5.75 Å². The number of nitrogens with zero attached hydrogens (tertiary/aromatic N) is 1. The lowest BCUT2D eigenvalue weighted by molar-refractivity contribution is -0.139. The second-order valence-electron chi connectivity index (χ2n) is 7.72. The molecule has 1 aliphatic heterocycles. The number of carboxylic acid groups (broad SMARTS) is 1. The zero-order valence-corrected chi connectivity index (χ0v) is 17.8. The van der Waals surface area contributed by atoms with Gasteiger partial charge in [-0.25, -0.2) is 22.8 Å². The lowest BCUT2D eigenvalue weighted by Gasteiger charge is -2.37. The minimum Gasteiger partial charge on any atom is -0.482 e. The molecule has 34 heavy (non-hydrogen) atoms. The van der Waals surface area contributed by atoms with Gasteiger partial charge in [0.25, 0.3) is 0 Å². The van der Waals surface area contributed by atoms with E-state index in [4.69, 9.17) is 14.6 Å². The molecule has 0 fully saturated rings. The van der Waals surface area contributed by atoms with Gasteiger partial charge in [-0.3, -0.25) is 4.90 Å². The third kappa shape index (κ3) is 4.98. The van der Waals surface area contributed by atoms with Gasteiger partial charge in [-0.05, 0) is 53.4 Å². The van der Waals surface area contributed by atoms with Gasteiger partial charge in [0.2, 0.25) is 0 Å². The van der Waals surface area contributed by atoms with Crippen LogP contribution in [0.25, 0.3) is 0 Å². The van der Waals surface area contributed by atoms with Crippen molar-refractivity contribution < 1.29 is 37.3 Å². The first-order chi connectivity index (χ1) is 16.3. The van der Waals surface area contributed by atoms with Crippen molar-refractivity contribution in [3.8, 4) is 5.75 Å². The Kier molecular flexibility index (Phi) is 6.72. The number of carboxylic acids is 1. The van der Waals surface area contributed by atoms with E-state index >= 15 is 0 Å². The van der Waals surface area contributed by atoms with Crippen LogP contribution >= 0.6 is 0 Å². The van der Waals surface area contributed by atoms with Gasteiger partial charge >= 0.3 is 12.1 Å². The number of benzene rings is 3. The Morgan fingerprint density at radius 3 is 2.44 bits per heavy atom. The molecule has 1 unspecified atom stereocenters. The topological polar surface area (TPSA) is 76.1 Å². The Labute approximate surface area is 193 Å². The maximum absolute atomic E-state index is 14.3. The predicted octanol–water partition coefficient (Wildman–Crippen LogP) is 4.85. The van der Waals surface area contributed by atoms with E-state index in [1.807, 2.05) is 6.07 Å². The fraction of sp³-hybridized carbons (Fsp3) is 0.200. The average molecular weight is 471 g/mol. The monoisotopic (exact) mass is 471 g/mol. The summed E-state index contributed by atoms with van der Waals surface area (Å²) in [7, 11) is 0. The maximum atomic E-state index is 14.3. The Balaban J connectivity index is 1.75. The Morgan fingerprint density at radius 2 is 1.71 bits per heavy atom. The summed E-state index contributed by atoms with van der Waals surface area (Å²) < 4.78 is 53.2. The molecular formula is C25H20F3NO5. The second-order valence-corrected chi connectivity index (χ2v) is 7.72. The van der Waals surface area contributed by atoms with E-state index in [-0.39, 0.29) is 36.4 Å². The highest BCUT2D eigenvalue weighted by Gasteiger charge is 2.36. The summed E-state index contributed by atoms with van der Waals surface area (Å²) in [5.74, 6) is -4.12. The molecule has 3 aromatic carbocycles. The molecule has 1 atom stereocenters. The van der Waals surface area contributed by atoms with Crippen LogP contribution in [0.15, 0.2) is 60.7 Å². The fourth-order valence-corrected chi connectivity index (χ4v) is 3.95. The number of carbonyl (C=O) groups excluding carboxylic acids is 1. The summed E-state index contributed by atoms with van der Waals surface area (Å²) in [5, 5.41) is 9.00. The molecule has 0 radical (unpaired) electrons. The molecule has 1 amide bonds. The number of amides is 1. The van der Waals surface area contributed by atoms with Gasteiger partial charge in [-0.1, -0.05) is 30.3 Å². The molecule has 0 aromatic heterocycles. The van der Waals surface area contributed by atoms with Crippen molar-refractivity contribution in [2.24, 2.45) is 0 Å². The molecule has 6 nitrogen and oxygen atoms in total.